The molecule has 0 atom stereocenters. The number of sulfonamides is 1. The third kappa shape index (κ3) is 5.09. The van der Waals surface area contributed by atoms with Crippen LogP contribution in [0, 0.1) is 0 Å². The summed E-state index contributed by atoms with van der Waals surface area (Å²) in [5.41, 5.74) is 0.412. The van der Waals surface area contributed by atoms with Crippen LogP contribution in [0.4, 0.5) is 5.69 Å². The molecule has 0 aromatic heterocycles. The van der Waals surface area contributed by atoms with Crippen molar-refractivity contribution in [3.63, 3.8) is 0 Å². The minimum Gasteiger partial charge on any atom is -0.325 e. The molecule has 0 bridgehead atoms. The number of benzene rings is 2. The van der Waals surface area contributed by atoms with Crippen molar-refractivity contribution in [3.05, 3.63) is 57.5 Å². The van der Waals surface area contributed by atoms with Gasteiger partial charge in [0, 0.05) is 10.7 Å². The molecule has 0 spiro atoms. The Kier molecular flexibility index (Phi) is 5.89. The van der Waals surface area contributed by atoms with Gasteiger partial charge in [0.1, 0.15) is 0 Å². The van der Waals surface area contributed by atoms with Crippen molar-refractivity contribution in [2.45, 2.75) is 4.90 Å². The molecule has 2 rings (SSSR count). The average molecular weight is 394 g/mol. The molecule has 0 aliphatic rings. The third-order valence-electron chi connectivity index (χ3n) is 2.75. The van der Waals surface area contributed by atoms with E-state index in [1.165, 1.54) is 36.4 Å². The van der Waals surface area contributed by atoms with Crippen molar-refractivity contribution in [2.24, 2.45) is 0 Å². The molecule has 122 valence electrons. The molecule has 0 aliphatic carbocycles. The molecule has 5 nitrogen and oxygen atoms in total. The molecular formula is C14H11Cl3N2O3S. The summed E-state index contributed by atoms with van der Waals surface area (Å²) in [6, 6.07) is 10.1. The minimum atomic E-state index is -3.80. The summed E-state index contributed by atoms with van der Waals surface area (Å²) in [5.74, 6) is -0.541. The third-order valence-corrected chi connectivity index (χ3v) is 5.16. The lowest BCUT2D eigenvalue weighted by atomic mass is 10.3. The minimum absolute atomic E-state index is 0.0178. The molecule has 0 radical (unpaired) electrons. The Labute approximate surface area is 148 Å². The number of amides is 1. The Hall–Kier alpha value is -1.31. The van der Waals surface area contributed by atoms with E-state index in [1.54, 1.807) is 6.07 Å². The number of halogens is 3. The van der Waals surface area contributed by atoms with Gasteiger partial charge in [-0.05, 0) is 42.5 Å². The highest BCUT2D eigenvalue weighted by Crippen LogP contribution is 2.24. The van der Waals surface area contributed by atoms with Gasteiger partial charge in [-0.25, -0.2) is 13.1 Å². The van der Waals surface area contributed by atoms with Crippen LogP contribution in [0.25, 0.3) is 0 Å². The number of nitrogens with one attached hydrogen (secondary N) is 2. The zero-order valence-corrected chi connectivity index (χ0v) is 14.6. The van der Waals surface area contributed by atoms with E-state index in [0.29, 0.717) is 15.7 Å². The van der Waals surface area contributed by atoms with E-state index < -0.39 is 22.5 Å². The molecule has 0 saturated carbocycles. The van der Waals surface area contributed by atoms with E-state index in [-0.39, 0.29) is 9.92 Å². The lowest BCUT2D eigenvalue weighted by molar-refractivity contribution is -0.115. The first-order valence-electron chi connectivity index (χ1n) is 6.28. The van der Waals surface area contributed by atoms with Crippen LogP contribution in [0.2, 0.25) is 15.1 Å². The van der Waals surface area contributed by atoms with Crippen LogP contribution in [0.1, 0.15) is 0 Å². The van der Waals surface area contributed by atoms with Crippen molar-refractivity contribution >= 4 is 56.4 Å². The van der Waals surface area contributed by atoms with Crippen LogP contribution in [-0.2, 0) is 14.8 Å². The lowest BCUT2D eigenvalue weighted by Gasteiger charge is -2.08. The fraction of sp³-hybridized carbons (Fsp3) is 0.0714. The van der Waals surface area contributed by atoms with Crippen molar-refractivity contribution in [2.75, 3.05) is 11.9 Å². The number of rotatable bonds is 5. The summed E-state index contributed by atoms with van der Waals surface area (Å²) in [6.07, 6.45) is 0. The van der Waals surface area contributed by atoms with Gasteiger partial charge in [-0.2, -0.15) is 0 Å². The number of carbonyl (C=O) groups excluding carboxylic acids is 1. The Morgan fingerprint density at radius 3 is 2.22 bits per heavy atom. The van der Waals surface area contributed by atoms with Crippen LogP contribution < -0.4 is 10.0 Å². The fourth-order valence-corrected chi connectivity index (χ4v) is 3.04. The van der Waals surface area contributed by atoms with Crippen molar-refractivity contribution < 1.29 is 13.2 Å². The van der Waals surface area contributed by atoms with Crippen molar-refractivity contribution in [1.29, 1.82) is 0 Å². The highest BCUT2D eigenvalue weighted by molar-refractivity contribution is 7.89. The second-order valence-electron chi connectivity index (χ2n) is 4.46. The van der Waals surface area contributed by atoms with E-state index in [4.69, 9.17) is 34.8 Å². The molecule has 9 heteroatoms. The molecule has 0 fully saturated rings. The summed E-state index contributed by atoms with van der Waals surface area (Å²) in [6.45, 7) is -0.425. The fourth-order valence-electron chi connectivity index (χ4n) is 1.64. The molecular weight excluding hydrogens is 383 g/mol. The zero-order valence-electron chi connectivity index (χ0n) is 11.5. The van der Waals surface area contributed by atoms with Gasteiger partial charge >= 0.3 is 0 Å². The maximum absolute atomic E-state index is 12.0. The summed E-state index contributed by atoms with van der Waals surface area (Å²) in [5, 5.41) is 3.57. The van der Waals surface area contributed by atoms with Gasteiger partial charge in [0.15, 0.2) is 0 Å². The van der Waals surface area contributed by atoms with E-state index in [9.17, 15) is 13.2 Å². The highest BCUT2D eigenvalue weighted by Gasteiger charge is 2.15. The van der Waals surface area contributed by atoms with E-state index >= 15 is 0 Å². The predicted octanol–water partition coefficient (Wildman–Crippen LogP) is 3.56. The normalized spacial score (nSPS) is 11.3. The molecule has 2 aromatic rings. The Morgan fingerprint density at radius 2 is 1.61 bits per heavy atom. The van der Waals surface area contributed by atoms with E-state index in [0.717, 1.165) is 0 Å². The van der Waals surface area contributed by atoms with Crippen molar-refractivity contribution in [3.8, 4) is 0 Å². The standard InChI is InChI=1S/C14H11Cl3N2O3S/c15-9-1-4-11(5-2-9)23(21,22)18-8-14(20)19-10-3-6-12(16)13(17)7-10/h1-7,18H,8H2,(H,19,20). The second kappa shape index (κ2) is 7.51. The summed E-state index contributed by atoms with van der Waals surface area (Å²) >= 11 is 17.3. The summed E-state index contributed by atoms with van der Waals surface area (Å²) in [7, 11) is -3.80. The van der Waals surface area contributed by atoms with Gasteiger partial charge in [-0.15, -0.1) is 0 Å². The summed E-state index contributed by atoms with van der Waals surface area (Å²) in [4.78, 5) is 11.8. The van der Waals surface area contributed by atoms with Gasteiger partial charge < -0.3 is 5.32 Å². The molecule has 0 unspecified atom stereocenters. The van der Waals surface area contributed by atoms with Gasteiger partial charge in [-0.3, -0.25) is 4.79 Å². The molecule has 2 aromatic carbocycles. The van der Waals surface area contributed by atoms with Crippen LogP contribution >= 0.6 is 34.8 Å². The second-order valence-corrected chi connectivity index (χ2v) is 7.47. The molecule has 2 N–H and O–H groups in total. The van der Waals surface area contributed by atoms with Gasteiger partial charge in [0.2, 0.25) is 15.9 Å². The van der Waals surface area contributed by atoms with Crippen LogP contribution in [0.5, 0.6) is 0 Å². The van der Waals surface area contributed by atoms with E-state index in [2.05, 4.69) is 10.0 Å². The Balaban J connectivity index is 1.98. The lowest BCUT2D eigenvalue weighted by Crippen LogP contribution is -2.32. The number of carbonyl (C=O) groups is 1. The van der Waals surface area contributed by atoms with Crippen LogP contribution in [0.3, 0.4) is 0 Å². The van der Waals surface area contributed by atoms with Crippen LogP contribution in [0.15, 0.2) is 47.4 Å². The first kappa shape index (κ1) is 18.0. The quantitative estimate of drug-likeness (QED) is 0.815. The number of anilines is 1. The van der Waals surface area contributed by atoms with Crippen molar-refractivity contribution in [1.82, 2.24) is 4.72 Å². The molecule has 1 amide bonds. The highest BCUT2D eigenvalue weighted by atomic mass is 35.5. The van der Waals surface area contributed by atoms with Crippen LogP contribution in [-0.4, -0.2) is 20.9 Å². The van der Waals surface area contributed by atoms with Gasteiger partial charge in [0.25, 0.3) is 0 Å². The van der Waals surface area contributed by atoms with E-state index in [1.807, 2.05) is 0 Å². The maximum Gasteiger partial charge on any atom is 0.241 e. The SMILES string of the molecule is O=C(CNS(=O)(=O)c1ccc(Cl)cc1)Nc1ccc(Cl)c(Cl)c1. The van der Waals surface area contributed by atoms with Gasteiger partial charge in [0.05, 0.1) is 21.5 Å². The summed E-state index contributed by atoms with van der Waals surface area (Å²) < 4.78 is 26.3. The maximum atomic E-state index is 12.0. The number of hydrogen-bond acceptors (Lipinski definition) is 3. The molecule has 23 heavy (non-hydrogen) atoms. The first-order chi connectivity index (χ1) is 10.8. The van der Waals surface area contributed by atoms with Gasteiger partial charge in [-0.1, -0.05) is 34.8 Å². The molecule has 0 aliphatic heterocycles. The Bertz CT molecular complexity index is 824. The molecule has 0 saturated heterocycles. The number of hydrogen-bond donors (Lipinski definition) is 2. The Morgan fingerprint density at radius 1 is 0.957 bits per heavy atom. The smallest absolute Gasteiger partial charge is 0.241 e. The first-order valence-corrected chi connectivity index (χ1v) is 8.90. The average Bonchev–Trinajstić information content (AvgIpc) is 2.50. The zero-order chi connectivity index (χ0) is 17.0. The monoisotopic (exact) mass is 392 g/mol. The predicted molar refractivity (Wildman–Crippen MR) is 91.7 cm³/mol. The topological polar surface area (TPSA) is 75.3 Å². The molecule has 0 heterocycles. The largest absolute Gasteiger partial charge is 0.325 e.